The molecule has 2 fully saturated rings. The van der Waals surface area contributed by atoms with Crippen LogP contribution in [0, 0.1) is 5.92 Å². The number of rotatable bonds is 5. The molecule has 0 saturated heterocycles. The fourth-order valence-electron chi connectivity index (χ4n) is 4.69. The summed E-state index contributed by atoms with van der Waals surface area (Å²) in [6, 6.07) is 0.602. The minimum atomic E-state index is -0.214. The highest BCUT2D eigenvalue weighted by molar-refractivity contribution is 8.00. The van der Waals surface area contributed by atoms with Crippen LogP contribution < -0.4 is 15.8 Å². The summed E-state index contributed by atoms with van der Waals surface area (Å²) in [7, 11) is 2.03. The number of carbonyl (C=O) groups excluding carboxylic acids is 1. The highest BCUT2D eigenvalue weighted by Crippen LogP contribution is 2.58. The molecule has 2 unspecified atom stereocenters. The van der Waals surface area contributed by atoms with Gasteiger partial charge in [-0.1, -0.05) is 0 Å². The highest BCUT2D eigenvalue weighted by Gasteiger charge is 2.47. The van der Waals surface area contributed by atoms with E-state index in [1.807, 2.05) is 18.8 Å². The normalized spacial score (nSPS) is 33.7. The lowest BCUT2D eigenvalue weighted by molar-refractivity contribution is -0.119. The van der Waals surface area contributed by atoms with E-state index in [0.29, 0.717) is 29.5 Å². The van der Waals surface area contributed by atoms with Gasteiger partial charge < -0.3 is 15.8 Å². The van der Waals surface area contributed by atoms with Crippen molar-refractivity contribution in [2.45, 2.75) is 73.3 Å². The van der Waals surface area contributed by atoms with Gasteiger partial charge in [-0.3, -0.25) is 4.79 Å². The maximum absolute atomic E-state index is 11.5. The van der Waals surface area contributed by atoms with Crippen LogP contribution >= 0.6 is 11.8 Å². The first kappa shape index (κ1) is 17.1. The second-order valence-corrected chi connectivity index (χ2v) is 8.70. The van der Waals surface area contributed by atoms with Crippen molar-refractivity contribution in [3.8, 4) is 5.88 Å². The van der Waals surface area contributed by atoms with Crippen molar-refractivity contribution in [2.75, 3.05) is 7.05 Å². The van der Waals surface area contributed by atoms with Gasteiger partial charge in [0.15, 0.2) is 0 Å². The molecule has 1 aliphatic heterocycles. The second kappa shape index (κ2) is 7.11. The largest absolute Gasteiger partial charge is 0.474 e. The van der Waals surface area contributed by atoms with Gasteiger partial charge in [-0.05, 0) is 51.5 Å². The van der Waals surface area contributed by atoms with E-state index in [2.05, 4.69) is 15.3 Å². The summed E-state index contributed by atoms with van der Waals surface area (Å²) in [6.45, 7) is 0. The number of nitrogens with one attached hydrogen (secondary N) is 1. The molecule has 1 amide bonds. The average molecular weight is 362 g/mol. The molecule has 3 atom stereocenters. The van der Waals surface area contributed by atoms with Gasteiger partial charge in [-0.25, -0.2) is 9.97 Å². The molecule has 1 aromatic rings. The number of ether oxygens (including phenoxy) is 1. The first-order valence-electron chi connectivity index (χ1n) is 9.29. The van der Waals surface area contributed by atoms with E-state index in [0.717, 1.165) is 55.0 Å². The van der Waals surface area contributed by atoms with Crippen LogP contribution in [-0.4, -0.2) is 40.3 Å². The summed E-state index contributed by atoms with van der Waals surface area (Å²) < 4.78 is 6.34. The third kappa shape index (κ3) is 3.36. The maximum Gasteiger partial charge on any atom is 0.221 e. The van der Waals surface area contributed by atoms with Crippen molar-refractivity contribution in [2.24, 2.45) is 11.7 Å². The van der Waals surface area contributed by atoms with Crippen LogP contribution in [-0.2, 0) is 4.79 Å². The van der Waals surface area contributed by atoms with E-state index >= 15 is 0 Å². The molecule has 3 N–H and O–H groups in total. The van der Waals surface area contributed by atoms with Crippen molar-refractivity contribution in [3.05, 3.63) is 11.9 Å². The first-order valence-corrected chi connectivity index (χ1v) is 10.2. The predicted molar refractivity (Wildman–Crippen MR) is 96.7 cm³/mol. The lowest BCUT2D eigenvalue weighted by Gasteiger charge is -2.29. The van der Waals surface area contributed by atoms with E-state index in [-0.39, 0.29) is 12.0 Å². The quantitative estimate of drug-likeness (QED) is 0.781. The van der Waals surface area contributed by atoms with Crippen molar-refractivity contribution in [1.29, 1.82) is 0 Å². The third-order valence-corrected chi connectivity index (χ3v) is 7.34. The van der Waals surface area contributed by atoms with Gasteiger partial charge in [-0.15, -0.1) is 11.8 Å². The molecule has 1 aromatic heterocycles. The molecule has 25 heavy (non-hydrogen) atoms. The van der Waals surface area contributed by atoms with Crippen LogP contribution in [0.1, 0.15) is 56.4 Å². The molecule has 3 aliphatic rings. The third-order valence-electron chi connectivity index (χ3n) is 5.96. The number of carbonyl (C=O) groups is 1. The number of amides is 1. The fraction of sp³-hybridized carbons (Fsp3) is 0.722. The predicted octanol–water partition coefficient (Wildman–Crippen LogP) is 2.23. The smallest absolute Gasteiger partial charge is 0.221 e. The Kier molecular flexibility index (Phi) is 4.86. The molecule has 0 bridgehead atoms. The lowest BCUT2D eigenvalue weighted by atomic mass is 9.87. The standard InChI is InChI=1S/C18H26N4O2S/c1-20-11-3-5-12(6-4-11)24-17-16-15-10(8-14(19)23)2-7-13(15)25-18(16)22-9-21-17/h9-13,15,20H,2-8H2,1H3,(H2,19,23)/t10-,11-,12-,13?,15?/m1/s1. The molecule has 136 valence electrons. The average Bonchev–Trinajstić information content (AvgIpc) is 3.15. The zero-order chi connectivity index (χ0) is 17.4. The van der Waals surface area contributed by atoms with Gasteiger partial charge in [0, 0.05) is 23.6 Å². The molecular formula is C18H26N4O2S. The molecule has 2 heterocycles. The van der Waals surface area contributed by atoms with Gasteiger partial charge in [0.2, 0.25) is 11.8 Å². The number of aromatic nitrogens is 2. The van der Waals surface area contributed by atoms with Gasteiger partial charge in [0.25, 0.3) is 0 Å². The summed E-state index contributed by atoms with van der Waals surface area (Å²) in [4.78, 5) is 20.4. The minimum Gasteiger partial charge on any atom is -0.474 e. The zero-order valence-corrected chi connectivity index (χ0v) is 15.4. The Hall–Kier alpha value is -1.34. The molecule has 0 radical (unpaired) electrons. The van der Waals surface area contributed by atoms with E-state index in [1.165, 1.54) is 0 Å². The van der Waals surface area contributed by atoms with Crippen molar-refractivity contribution in [3.63, 3.8) is 0 Å². The van der Waals surface area contributed by atoms with Crippen molar-refractivity contribution in [1.82, 2.24) is 15.3 Å². The number of hydrogen-bond acceptors (Lipinski definition) is 6. The van der Waals surface area contributed by atoms with Crippen LogP contribution in [0.4, 0.5) is 0 Å². The van der Waals surface area contributed by atoms with E-state index in [4.69, 9.17) is 10.5 Å². The summed E-state index contributed by atoms with van der Waals surface area (Å²) in [5.74, 6) is 1.13. The first-order chi connectivity index (χ1) is 12.2. The number of nitrogens with two attached hydrogens (primary N) is 1. The number of thioether (sulfide) groups is 1. The van der Waals surface area contributed by atoms with Crippen molar-refractivity contribution < 1.29 is 9.53 Å². The molecule has 2 saturated carbocycles. The lowest BCUT2D eigenvalue weighted by Crippen LogP contribution is -2.34. The van der Waals surface area contributed by atoms with Crippen molar-refractivity contribution >= 4 is 17.7 Å². The van der Waals surface area contributed by atoms with Crippen LogP contribution in [0.25, 0.3) is 0 Å². The van der Waals surface area contributed by atoms with Gasteiger partial charge >= 0.3 is 0 Å². The van der Waals surface area contributed by atoms with Crippen LogP contribution in [0.15, 0.2) is 11.4 Å². The molecular weight excluding hydrogens is 336 g/mol. The Labute approximate surface area is 152 Å². The molecule has 6 nitrogen and oxygen atoms in total. The Bertz CT molecular complexity index is 648. The molecule has 4 rings (SSSR count). The highest BCUT2D eigenvalue weighted by atomic mass is 32.2. The maximum atomic E-state index is 11.5. The van der Waals surface area contributed by atoms with E-state index < -0.39 is 0 Å². The van der Waals surface area contributed by atoms with E-state index in [1.54, 1.807) is 6.33 Å². The number of primary amides is 1. The fourth-order valence-corrected chi connectivity index (χ4v) is 6.19. The topological polar surface area (TPSA) is 90.1 Å². The van der Waals surface area contributed by atoms with Gasteiger partial charge in [0.1, 0.15) is 17.5 Å². The Balaban J connectivity index is 1.54. The second-order valence-electron chi connectivity index (χ2n) is 7.47. The Morgan fingerprint density at radius 1 is 1.28 bits per heavy atom. The van der Waals surface area contributed by atoms with Gasteiger partial charge in [-0.2, -0.15) is 0 Å². The number of fused-ring (bicyclic) bond motifs is 3. The molecule has 0 aromatic carbocycles. The zero-order valence-electron chi connectivity index (χ0n) is 14.6. The van der Waals surface area contributed by atoms with Crippen LogP contribution in [0.3, 0.4) is 0 Å². The van der Waals surface area contributed by atoms with E-state index in [9.17, 15) is 4.79 Å². The molecule has 0 spiro atoms. The van der Waals surface area contributed by atoms with Crippen LogP contribution in [0.5, 0.6) is 5.88 Å². The monoisotopic (exact) mass is 362 g/mol. The summed E-state index contributed by atoms with van der Waals surface area (Å²) >= 11 is 1.82. The van der Waals surface area contributed by atoms with Crippen LogP contribution in [0.2, 0.25) is 0 Å². The summed E-state index contributed by atoms with van der Waals surface area (Å²) in [5.41, 5.74) is 6.61. The minimum absolute atomic E-state index is 0.214. The summed E-state index contributed by atoms with van der Waals surface area (Å²) in [5, 5.41) is 4.88. The van der Waals surface area contributed by atoms with Gasteiger partial charge in [0.05, 0.1) is 5.56 Å². The Morgan fingerprint density at radius 2 is 2.08 bits per heavy atom. The summed E-state index contributed by atoms with van der Waals surface area (Å²) in [6.07, 6.45) is 8.82. The molecule has 2 aliphatic carbocycles. The Morgan fingerprint density at radius 3 is 2.80 bits per heavy atom. The number of hydrogen-bond donors (Lipinski definition) is 2. The molecule has 7 heteroatoms. The number of nitrogens with zero attached hydrogens (tertiary/aromatic N) is 2. The SMILES string of the molecule is CN[C@H]1CC[C@H](Oc2ncnc3c2C2C(CC[C@@H]2CC(N)=O)S3)CC1.